The molecule has 0 saturated carbocycles. The first kappa shape index (κ1) is 15.2. The molecule has 2 N–H and O–H groups in total. The summed E-state index contributed by atoms with van der Waals surface area (Å²) >= 11 is -5.15. The lowest BCUT2D eigenvalue weighted by atomic mass is 10.2. The number of hydrogen-bond acceptors (Lipinski definition) is 3. The van der Waals surface area contributed by atoms with E-state index in [0.29, 0.717) is 9.29 Å². The van der Waals surface area contributed by atoms with Crippen LogP contribution in [-0.2, 0) is 29.0 Å². The van der Waals surface area contributed by atoms with Crippen molar-refractivity contribution in [3.8, 4) is 0 Å². The minimum Gasteiger partial charge on any atom is -0.461 e. The molecule has 0 amide bonds. The van der Waals surface area contributed by atoms with Gasteiger partial charge in [0.2, 0.25) is 0 Å². The second kappa shape index (κ2) is 6.49. The summed E-state index contributed by atoms with van der Waals surface area (Å²) in [4.78, 5) is 0. The minimum absolute atomic E-state index is 0.182. The Morgan fingerprint density at radius 1 is 1.20 bits per heavy atom. The van der Waals surface area contributed by atoms with Crippen molar-refractivity contribution in [2.75, 3.05) is 3.71 Å². The first-order valence-electron chi connectivity index (χ1n) is 6.07. The molecule has 2 atom stereocenters. The third-order valence-electron chi connectivity index (χ3n) is 2.82. The van der Waals surface area contributed by atoms with Gasteiger partial charge in [0.1, 0.15) is 11.3 Å². The summed E-state index contributed by atoms with van der Waals surface area (Å²) < 4.78 is 46.4. The lowest BCUT2D eigenvalue weighted by Gasteiger charge is -2.14. The number of anilines is 1. The van der Waals surface area contributed by atoms with Crippen LogP contribution in [0.15, 0.2) is 28.7 Å². The maximum Gasteiger partial charge on any atom is 0.276 e. The van der Waals surface area contributed by atoms with Gasteiger partial charge >= 0.3 is 0 Å². The molecular formula is C12H15NO5S2. The van der Waals surface area contributed by atoms with E-state index in [1.54, 1.807) is 12.1 Å². The molecule has 0 fully saturated rings. The normalized spacial score (nSPS) is 14.3. The number of hydrogen-bond donors (Lipinski definition) is 2. The topological polar surface area (TPSA) is 91.0 Å². The number of rotatable bonds is 6. The van der Waals surface area contributed by atoms with E-state index in [1.807, 2.05) is 6.07 Å². The summed E-state index contributed by atoms with van der Waals surface area (Å²) in [6, 6.07) is 6.48. The van der Waals surface area contributed by atoms with E-state index in [0.717, 1.165) is 30.4 Å². The molecule has 0 aliphatic carbocycles. The van der Waals surface area contributed by atoms with Gasteiger partial charge in [-0.1, -0.05) is 13.3 Å². The first-order chi connectivity index (χ1) is 9.52. The second-order valence-electron chi connectivity index (χ2n) is 4.26. The van der Waals surface area contributed by atoms with Crippen LogP contribution < -0.4 is 3.71 Å². The fourth-order valence-corrected chi connectivity index (χ4v) is 2.93. The van der Waals surface area contributed by atoms with Gasteiger partial charge in [-0.15, -0.1) is 0 Å². The summed E-state index contributed by atoms with van der Waals surface area (Å²) in [5.41, 5.74) is 0.828. The molecule has 0 radical (unpaired) electrons. The number of furan rings is 1. The Morgan fingerprint density at radius 2 is 1.90 bits per heavy atom. The molecule has 2 unspecified atom stereocenters. The van der Waals surface area contributed by atoms with Gasteiger partial charge in [-0.25, -0.2) is 8.42 Å². The highest BCUT2D eigenvalue weighted by Gasteiger charge is 2.19. The number of benzene rings is 1. The predicted octanol–water partition coefficient (Wildman–Crippen LogP) is 2.86. The van der Waals surface area contributed by atoms with Crippen LogP contribution in [-0.4, -0.2) is 17.5 Å². The van der Waals surface area contributed by atoms with Crippen molar-refractivity contribution in [1.29, 1.82) is 0 Å². The number of fused-ring (bicyclic) bond motifs is 1. The summed E-state index contributed by atoms with van der Waals surface area (Å²) in [5, 5.41) is 0.731. The average Bonchev–Trinajstić information content (AvgIpc) is 2.77. The van der Waals surface area contributed by atoms with Crippen LogP contribution >= 0.6 is 0 Å². The Labute approximate surface area is 121 Å². The number of aryl methyl sites for hydroxylation is 1. The molecule has 0 spiro atoms. The smallest absolute Gasteiger partial charge is 0.276 e. The first-order valence-corrected chi connectivity index (χ1v) is 8.20. The quantitative estimate of drug-likeness (QED) is 0.799. The maximum atomic E-state index is 11.1. The highest BCUT2D eigenvalue weighted by atomic mass is 32.3. The summed E-state index contributed by atoms with van der Waals surface area (Å²) in [5.74, 6) is 0.834. The highest BCUT2D eigenvalue weighted by molar-refractivity contribution is 7.99. The molecule has 20 heavy (non-hydrogen) atoms. The van der Waals surface area contributed by atoms with Crippen LogP contribution in [0.3, 0.4) is 0 Å². The van der Waals surface area contributed by atoms with Crippen LogP contribution in [0.5, 0.6) is 0 Å². The van der Waals surface area contributed by atoms with E-state index >= 15 is 0 Å². The van der Waals surface area contributed by atoms with E-state index in [2.05, 4.69) is 6.92 Å². The molecule has 0 aliphatic rings. The molecule has 110 valence electrons. The van der Waals surface area contributed by atoms with Crippen molar-refractivity contribution in [1.82, 2.24) is 0 Å². The zero-order chi connectivity index (χ0) is 14.7. The zero-order valence-electron chi connectivity index (χ0n) is 10.8. The lowest BCUT2D eigenvalue weighted by Crippen LogP contribution is -2.26. The lowest BCUT2D eigenvalue weighted by molar-refractivity contribution is 0.536. The summed E-state index contributed by atoms with van der Waals surface area (Å²) in [6.45, 7) is 2.09. The second-order valence-corrected chi connectivity index (χ2v) is 6.14. The fraction of sp³-hybridized carbons (Fsp3) is 0.333. The van der Waals surface area contributed by atoms with Crippen molar-refractivity contribution in [3.05, 3.63) is 30.0 Å². The van der Waals surface area contributed by atoms with Crippen molar-refractivity contribution < 1.29 is 21.9 Å². The van der Waals surface area contributed by atoms with Gasteiger partial charge in [-0.05, 0) is 30.7 Å². The Kier molecular flexibility index (Phi) is 4.92. The minimum atomic E-state index is -2.57. The Morgan fingerprint density at radius 3 is 2.50 bits per heavy atom. The summed E-state index contributed by atoms with van der Waals surface area (Å²) in [6.07, 6.45) is 2.89. The van der Waals surface area contributed by atoms with Crippen LogP contribution in [0.4, 0.5) is 5.69 Å². The number of nitrogens with zero attached hydrogens (tertiary/aromatic N) is 1. The van der Waals surface area contributed by atoms with Gasteiger partial charge < -0.3 is 4.42 Å². The molecule has 0 aliphatic heterocycles. The highest BCUT2D eigenvalue weighted by Crippen LogP contribution is 2.27. The van der Waals surface area contributed by atoms with Crippen LogP contribution in [0.25, 0.3) is 11.0 Å². The van der Waals surface area contributed by atoms with Crippen molar-refractivity contribution in [2.24, 2.45) is 0 Å². The Bertz CT molecular complexity index is 640. The van der Waals surface area contributed by atoms with E-state index in [4.69, 9.17) is 13.5 Å². The SMILES string of the molecule is CCCCc1cc2cc(N(S(=O)O)S(=O)O)ccc2o1. The van der Waals surface area contributed by atoms with Crippen molar-refractivity contribution in [3.63, 3.8) is 0 Å². The van der Waals surface area contributed by atoms with Gasteiger partial charge in [0.15, 0.2) is 0 Å². The van der Waals surface area contributed by atoms with Crippen LogP contribution in [0, 0.1) is 0 Å². The molecular weight excluding hydrogens is 302 g/mol. The molecule has 2 rings (SSSR count). The molecule has 1 aromatic heterocycles. The monoisotopic (exact) mass is 317 g/mol. The Hall–Kier alpha value is -1.22. The molecule has 0 bridgehead atoms. The number of unbranched alkanes of at least 4 members (excludes halogenated alkanes) is 1. The summed E-state index contributed by atoms with van der Waals surface area (Å²) in [7, 11) is 0. The molecule has 1 heterocycles. The maximum absolute atomic E-state index is 11.1. The van der Waals surface area contributed by atoms with Crippen molar-refractivity contribution in [2.45, 2.75) is 26.2 Å². The standard InChI is InChI=1S/C12H15NO5S2/c1-2-3-4-11-8-9-7-10(5-6-12(9)18-11)13(19(14)15)20(16)17/h5-8H,2-4H2,1H3,(H,14,15)(H,16,17). The van der Waals surface area contributed by atoms with E-state index in [1.165, 1.54) is 6.07 Å². The van der Waals surface area contributed by atoms with Crippen LogP contribution in [0.2, 0.25) is 0 Å². The van der Waals surface area contributed by atoms with E-state index < -0.39 is 22.5 Å². The largest absolute Gasteiger partial charge is 0.461 e. The van der Waals surface area contributed by atoms with Crippen LogP contribution in [0.1, 0.15) is 25.5 Å². The zero-order valence-corrected chi connectivity index (χ0v) is 12.4. The molecule has 8 heteroatoms. The van der Waals surface area contributed by atoms with Gasteiger partial charge in [0.25, 0.3) is 22.5 Å². The van der Waals surface area contributed by atoms with Gasteiger partial charge in [-0.2, -0.15) is 3.71 Å². The molecule has 6 nitrogen and oxygen atoms in total. The molecule has 1 aromatic carbocycles. The Balaban J connectivity index is 2.37. The van der Waals surface area contributed by atoms with Gasteiger partial charge in [0.05, 0.1) is 5.69 Å². The van der Waals surface area contributed by atoms with Gasteiger partial charge in [0, 0.05) is 11.8 Å². The molecule has 2 aromatic rings. The van der Waals surface area contributed by atoms with Gasteiger partial charge in [-0.3, -0.25) is 9.11 Å². The van der Waals surface area contributed by atoms with Crippen molar-refractivity contribution >= 4 is 39.2 Å². The predicted molar refractivity (Wildman–Crippen MR) is 78.8 cm³/mol. The van der Waals surface area contributed by atoms with E-state index in [-0.39, 0.29) is 5.69 Å². The van der Waals surface area contributed by atoms with E-state index in [9.17, 15) is 8.42 Å². The third kappa shape index (κ3) is 3.26. The average molecular weight is 317 g/mol. The fourth-order valence-electron chi connectivity index (χ4n) is 1.91. The third-order valence-corrected chi connectivity index (χ3v) is 4.58. The molecule has 0 saturated heterocycles.